The van der Waals surface area contributed by atoms with Gasteiger partial charge in [-0.05, 0) is 0 Å². The molecule has 2 N–H and O–H groups in total. The molecule has 0 bridgehead atoms. The second-order valence-electron chi connectivity index (χ2n) is 5.58. The summed E-state index contributed by atoms with van der Waals surface area (Å²) in [5, 5.41) is 22.2. The van der Waals surface area contributed by atoms with Crippen LogP contribution in [0, 0.1) is 0 Å². The van der Waals surface area contributed by atoms with E-state index in [1.807, 2.05) is 13.8 Å². The summed E-state index contributed by atoms with van der Waals surface area (Å²) in [5.74, 6) is 0. The summed E-state index contributed by atoms with van der Waals surface area (Å²) in [6.07, 6.45) is 9.14. The van der Waals surface area contributed by atoms with Crippen molar-refractivity contribution in [2.75, 3.05) is 0 Å². The van der Waals surface area contributed by atoms with E-state index in [1.165, 1.54) is 50.2 Å². The first kappa shape index (κ1) is 18.5. The van der Waals surface area contributed by atoms with Crippen molar-refractivity contribution >= 4 is 14.7 Å². The summed E-state index contributed by atoms with van der Waals surface area (Å²) in [6.45, 7) is 6.02. The molecule has 0 aliphatic rings. The van der Waals surface area contributed by atoms with Crippen LogP contribution in [0.4, 0.5) is 0 Å². The Morgan fingerprint density at radius 2 is 1.22 bits per heavy atom. The Kier molecular flexibility index (Phi) is 12.8. The van der Waals surface area contributed by atoms with E-state index in [-0.39, 0.29) is 12.2 Å². The maximum absolute atomic E-state index is 9.49. The molecule has 3 heteroatoms. The molecule has 0 aliphatic heterocycles. The van der Waals surface area contributed by atoms with Crippen LogP contribution in [0.3, 0.4) is 0 Å². The quantitative estimate of drug-likeness (QED) is 0.421. The fourth-order valence-corrected chi connectivity index (χ4v) is 7.92. The van der Waals surface area contributed by atoms with Gasteiger partial charge in [-0.25, -0.2) is 0 Å². The standard InChI is InChI=1S/C15H33AsO2/c1-4-5-6-7-8-9-10-11-16(12-14(2)17)13-15(3)18/h14-15,17-18H,4-13H2,1-3H3. The van der Waals surface area contributed by atoms with Crippen LogP contribution in [-0.2, 0) is 0 Å². The maximum atomic E-state index is 9.49. The molecular formula is C15H33AsO2. The van der Waals surface area contributed by atoms with Crippen molar-refractivity contribution in [1.82, 2.24) is 0 Å². The monoisotopic (exact) mass is 320 g/mol. The van der Waals surface area contributed by atoms with Crippen LogP contribution < -0.4 is 0 Å². The molecule has 0 radical (unpaired) electrons. The summed E-state index contributed by atoms with van der Waals surface area (Å²) >= 11 is -0.984. The van der Waals surface area contributed by atoms with Gasteiger partial charge in [-0.15, -0.1) is 0 Å². The molecule has 0 aromatic carbocycles. The SMILES string of the molecule is CCCCCCCCC[As](CC(C)O)CC(C)O. The molecule has 2 atom stereocenters. The summed E-state index contributed by atoms with van der Waals surface area (Å²) in [6, 6.07) is 0. The Bertz CT molecular complexity index is 162. The molecule has 2 unspecified atom stereocenters. The summed E-state index contributed by atoms with van der Waals surface area (Å²) < 4.78 is 0. The molecule has 0 rings (SSSR count). The molecule has 0 heterocycles. The third-order valence-corrected chi connectivity index (χ3v) is 9.50. The van der Waals surface area contributed by atoms with Crippen LogP contribution >= 0.6 is 0 Å². The van der Waals surface area contributed by atoms with Gasteiger partial charge in [0.1, 0.15) is 0 Å². The number of unbranched alkanes of at least 4 members (excludes halogenated alkanes) is 6. The van der Waals surface area contributed by atoms with Crippen LogP contribution in [0.15, 0.2) is 0 Å². The predicted molar refractivity (Wildman–Crippen MR) is 81.5 cm³/mol. The zero-order valence-corrected chi connectivity index (χ0v) is 14.4. The van der Waals surface area contributed by atoms with Gasteiger partial charge >= 0.3 is 118 Å². The third kappa shape index (κ3) is 12.9. The van der Waals surface area contributed by atoms with Crippen molar-refractivity contribution < 1.29 is 10.2 Å². The Balaban J connectivity index is 3.56. The molecule has 0 saturated heterocycles. The third-order valence-electron chi connectivity index (χ3n) is 3.12. The van der Waals surface area contributed by atoms with Crippen LogP contribution in [0.2, 0.25) is 15.6 Å². The molecule has 0 saturated carbocycles. The van der Waals surface area contributed by atoms with Gasteiger partial charge in [0, 0.05) is 0 Å². The summed E-state index contributed by atoms with van der Waals surface area (Å²) in [5.41, 5.74) is 0. The zero-order valence-electron chi connectivity index (χ0n) is 12.6. The average molecular weight is 320 g/mol. The van der Waals surface area contributed by atoms with Crippen LogP contribution in [-0.4, -0.2) is 37.1 Å². The molecular weight excluding hydrogens is 287 g/mol. The van der Waals surface area contributed by atoms with Crippen LogP contribution in [0.1, 0.15) is 65.7 Å². The molecule has 18 heavy (non-hydrogen) atoms. The summed E-state index contributed by atoms with van der Waals surface area (Å²) in [4.78, 5) is 0. The Hall–Kier alpha value is 0.478. The average Bonchev–Trinajstić information content (AvgIpc) is 2.26. The van der Waals surface area contributed by atoms with Crippen molar-refractivity contribution in [2.24, 2.45) is 0 Å². The van der Waals surface area contributed by atoms with Crippen LogP contribution in [0.5, 0.6) is 0 Å². The minimum atomic E-state index is -0.984. The molecule has 0 amide bonds. The van der Waals surface area contributed by atoms with Crippen LogP contribution in [0.25, 0.3) is 0 Å². The molecule has 0 spiro atoms. The second-order valence-corrected chi connectivity index (χ2v) is 10.9. The first-order valence-electron chi connectivity index (χ1n) is 7.64. The van der Waals surface area contributed by atoms with Gasteiger partial charge in [-0.3, -0.25) is 0 Å². The van der Waals surface area contributed by atoms with Crippen molar-refractivity contribution in [3.63, 3.8) is 0 Å². The first-order chi connectivity index (χ1) is 8.56. The summed E-state index contributed by atoms with van der Waals surface area (Å²) in [7, 11) is 0. The van der Waals surface area contributed by atoms with E-state index in [0.29, 0.717) is 0 Å². The molecule has 0 aromatic heterocycles. The number of hydrogen-bond acceptors (Lipinski definition) is 2. The number of aliphatic hydroxyl groups excluding tert-OH is 2. The molecule has 110 valence electrons. The van der Waals surface area contributed by atoms with Gasteiger partial charge in [0.2, 0.25) is 0 Å². The van der Waals surface area contributed by atoms with Gasteiger partial charge in [0.05, 0.1) is 0 Å². The number of rotatable bonds is 12. The Morgan fingerprint density at radius 1 is 0.778 bits per heavy atom. The van der Waals surface area contributed by atoms with Crippen molar-refractivity contribution in [1.29, 1.82) is 0 Å². The number of hydrogen-bond donors (Lipinski definition) is 2. The van der Waals surface area contributed by atoms with Gasteiger partial charge < -0.3 is 0 Å². The molecule has 0 aromatic rings. The van der Waals surface area contributed by atoms with E-state index in [1.54, 1.807) is 0 Å². The molecule has 2 nitrogen and oxygen atoms in total. The van der Waals surface area contributed by atoms with E-state index in [9.17, 15) is 10.2 Å². The van der Waals surface area contributed by atoms with Gasteiger partial charge in [0.15, 0.2) is 0 Å². The van der Waals surface area contributed by atoms with E-state index >= 15 is 0 Å². The van der Waals surface area contributed by atoms with E-state index in [2.05, 4.69) is 6.92 Å². The fraction of sp³-hybridized carbons (Fsp3) is 1.00. The van der Waals surface area contributed by atoms with E-state index in [4.69, 9.17) is 0 Å². The minimum absolute atomic E-state index is 0.173. The topological polar surface area (TPSA) is 40.5 Å². The zero-order chi connectivity index (χ0) is 13.8. The predicted octanol–water partition coefficient (Wildman–Crippen LogP) is 3.99. The second kappa shape index (κ2) is 12.5. The first-order valence-corrected chi connectivity index (χ1v) is 11.6. The van der Waals surface area contributed by atoms with Crippen molar-refractivity contribution in [3.05, 3.63) is 0 Å². The molecule has 0 aliphatic carbocycles. The fourth-order valence-electron chi connectivity index (χ4n) is 2.30. The normalized spacial score (nSPS) is 16.5. The van der Waals surface area contributed by atoms with Crippen molar-refractivity contribution in [3.8, 4) is 0 Å². The van der Waals surface area contributed by atoms with Gasteiger partial charge in [0.25, 0.3) is 0 Å². The Morgan fingerprint density at radius 3 is 1.67 bits per heavy atom. The molecule has 0 fully saturated rings. The van der Waals surface area contributed by atoms with Crippen molar-refractivity contribution in [2.45, 2.75) is 93.6 Å². The Labute approximate surface area is 118 Å². The number of aliphatic hydroxyl groups is 2. The van der Waals surface area contributed by atoms with E-state index < -0.39 is 14.7 Å². The van der Waals surface area contributed by atoms with E-state index in [0.717, 1.165) is 10.4 Å². The van der Waals surface area contributed by atoms with Gasteiger partial charge in [-0.1, -0.05) is 0 Å². The van der Waals surface area contributed by atoms with Gasteiger partial charge in [-0.2, -0.15) is 0 Å².